The van der Waals surface area contributed by atoms with Crippen molar-refractivity contribution in [2.45, 2.75) is 12.8 Å². The maximum Gasteiger partial charge on any atom is 0.358 e. The van der Waals surface area contributed by atoms with Gasteiger partial charge < -0.3 is 15.4 Å². The summed E-state index contributed by atoms with van der Waals surface area (Å²) in [5.41, 5.74) is 1.76. The zero-order valence-corrected chi connectivity index (χ0v) is 13.9. The van der Waals surface area contributed by atoms with Gasteiger partial charge in [-0.15, -0.1) is 0 Å². The number of hydrogen-bond donors (Lipinski definition) is 3. The van der Waals surface area contributed by atoms with Crippen LogP contribution in [0.3, 0.4) is 0 Å². The lowest BCUT2D eigenvalue weighted by Crippen LogP contribution is -2.38. The van der Waals surface area contributed by atoms with Crippen molar-refractivity contribution in [3.8, 4) is 0 Å². The molecule has 0 fully saturated rings. The number of para-hydroxylation sites is 1. The Morgan fingerprint density at radius 3 is 2.36 bits per heavy atom. The zero-order valence-electron chi connectivity index (χ0n) is 13.2. The van der Waals surface area contributed by atoms with E-state index in [1.807, 2.05) is 36.4 Å². The fraction of sp³-hybridized carbons (Fsp3) is 0.111. The average Bonchev–Trinajstić information content (AvgIpc) is 2.88. The summed E-state index contributed by atoms with van der Waals surface area (Å²) in [6.45, 7) is 0.421. The Morgan fingerprint density at radius 2 is 1.68 bits per heavy atom. The van der Waals surface area contributed by atoms with Crippen molar-refractivity contribution >= 4 is 29.3 Å². The topological polar surface area (TPSA) is 79.5 Å². The van der Waals surface area contributed by atoms with Crippen LogP contribution in [0.15, 0.2) is 71.4 Å². The van der Waals surface area contributed by atoms with Crippen LogP contribution in [0.1, 0.15) is 5.56 Å². The first kappa shape index (κ1) is 16.9. The van der Waals surface area contributed by atoms with Crippen molar-refractivity contribution < 1.29 is 14.3 Å². The Morgan fingerprint density at radius 1 is 1.04 bits per heavy atom. The number of urea groups is 1. The van der Waals surface area contributed by atoms with Crippen molar-refractivity contribution in [2.24, 2.45) is 0 Å². The number of carbonyl (C=O) groups excluding carboxylic acids is 2. The minimum absolute atomic E-state index is 0.115. The van der Waals surface area contributed by atoms with Gasteiger partial charge in [0, 0.05) is 12.2 Å². The molecule has 2 amide bonds. The van der Waals surface area contributed by atoms with Gasteiger partial charge in [0.25, 0.3) is 0 Å². The molecule has 7 heteroatoms. The molecule has 1 atom stereocenters. The SMILES string of the molecule is O=C(Nc1ccccc1)NC1OC(=O)C(NCc2ccccc2)=C1Cl. The molecule has 0 saturated carbocycles. The second kappa shape index (κ2) is 7.72. The van der Waals surface area contributed by atoms with Crippen LogP contribution in [-0.4, -0.2) is 18.2 Å². The summed E-state index contributed by atoms with van der Waals surface area (Å²) in [4.78, 5) is 23.9. The maximum absolute atomic E-state index is 12.0. The quantitative estimate of drug-likeness (QED) is 0.719. The van der Waals surface area contributed by atoms with Crippen LogP contribution in [0.5, 0.6) is 0 Å². The number of ether oxygens (including phenoxy) is 1. The first-order chi connectivity index (χ1) is 12.1. The maximum atomic E-state index is 12.0. The molecule has 3 N–H and O–H groups in total. The van der Waals surface area contributed by atoms with E-state index in [0.29, 0.717) is 12.2 Å². The standard InChI is InChI=1S/C18H16ClN3O3/c19-14-15(20-11-12-7-3-1-4-8-12)17(23)25-16(14)22-18(24)21-13-9-5-2-6-10-13/h1-10,16,20H,11H2,(H2,21,22,24). The molecule has 1 aliphatic rings. The third-order valence-electron chi connectivity index (χ3n) is 3.50. The van der Waals surface area contributed by atoms with Gasteiger partial charge in [0.1, 0.15) is 10.7 Å². The van der Waals surface area contributed by atoms with Crippen molar-refractivity contribution in [2.75, 3.05) is 5.32 Å². The molecule has 6 nitrogen and oxygen atoms in total. The van der Waals surface area contributed by atoms with Crippen molar-refractivity contribution in [1.82, 2.24) is 10.6 Å². The summed E-state index contributed by atoms with van der Waals surface area (Å²) < 4.78 is 5.10. The fourth-order valence-corrected chi connectivity index (χ4v) is 2.53. The lowest BCUT2D eigenvalue weighted by atomic mass is 10.2. The molecule has 3 rings (SSSR count). The molecule has 25 heavy (non-hydrogen) atoms. The second-order valence-electron chi connectivity index (χ2n) is 5.31. The first-order valence-electron chi connectivity index (χ1n) is 7.64. The number of esters is 1. The number of carbonyl (C=O) groups is 2. The van der Waals surface area contributed by atoms with Gasteiger partial charge in [-0.2, -0.15) is 0 Å². The molecule has 2 aromatic rings. The summed E-state index contributed by atoms with van der Waals surface area (Å²) in [5, 5.41) is 8.21. The van der Waals surface area contributed by atoms with E-state index < -0.39 is 18.2 Å². The van der Waals surface area contributed by atoms with Gasteiger partial charge in [-0.3, -0.25) is 5.32 Å². The van der Waals surface area contributed by atoms with Crippen LogP contribution < -0.4 is 16.0 Å². The molecule has 1 aliphatic heterocycles. The van der Waals surface area contributed by atoms with Crippen LogP contribution in [0.4, 0.5) is 10.5 Å². The molecule has 0 bridgehead atoms. The third kappa shape index (κ3) is 4.30. The number of anilines is 1. The number of cyclic esters (lactones) is 1. The molecule has 1 unspecified atom stereocenters. The summed E-state index contributed by atoms with van der Waals surface area (Å²) in [6, 6.07) is 17.9. The van der Waals surface area contributed by atoms with Gasteiger partial charge in [0.2, 0.25) is 6.23 Å². The summed E-state index contributed by atoms with van der Waals surface area (Å²) >= 11 is 6.18. The van der Waals surface area contributed by atoms with Crippen LogP contribution >= 0.6 is 11.6 Å². The van der Waals surface area contributed by atoms with Gasteiger partial charge in [0.15, 0.2) is 0 Å². The summed E-state index contributed by atoms with van der Waals surface area (Å²) in [7, 11) is 0. The molecular formula is C18H16ClN3O3. The Hall–Kier alpha value is -2.99. The zero-order chi connectivity index (χ0) is 17.6. The Kier molecular flexibility index (Phi) is 5.20. The average molecular weight is 358 g/mol. The number of nitrogens with one attached hydrogen (secondary N) is 3. The van der Waals surface area contributed by atoms with E-state index in [1.165, 1.54) is 0 Å². The molecule has 0 aliphatic carbocycles. The van der Waals surface area contributed by atoms with Crippen molar-refractivity contribution in [3.63, 3.8) is 0 Å². The molecular weight excluding hydrogens is 342 g/mol. The van der Waals surface area contributed by atoms with E-state index in [4.69, 9.17) is 16.3 Å². The molecule has 0 radical (unpaired) electrons. The smallest absolute Gasteiger partial charge is 0.358 e. The Bertz CT molecular complexity index is 794. The Labute approximate surface area is 149 Å². The van der Waals surface area contributed by atoms with E-state index in [9.17, 15) is 9.59 Å². The highest BCUT2D eigenvalue weighted by Crippen LogP contribution is 2.23. The lowest BCUT2D eigenvalue weighted by Gasteiger charge is -2.13. The Balaban J connectivity index is 1.60. The number of halogens is 1. The minimum atomic E-state index is -1.02. The van der Waals surface area contributed by atoms with E-state index in [0.717, 1.165) is 5.56 Å². The highest BCUT2D eigenvalue weighted by atomic mass is 35.5. The summed E-state index contributed by atoms with van der Waals surface area (Å²) in [5.74, 6) is -0.606. The normalized spacial score (nSPS) is 16.4. The molecule has 2 aromatic carbocycles. The molecule has 1 heterocycles. The minimum Gasteiger partial charge on any atom is -0.431 e. The lowest BCUT2D eigenvalue weighted by molar-refractivity contribution is -0.140. The predicted molar refractivity (Wildman–Crippen MR) is 94.6 cm³/mol. The van der Waals surface area contributed by atoms with Gasteiger partial charge in [-0.05, 0) is 17.7 Å². The summed E-state index contributed by atoms with van der Waals surface area (Å²) in [6.07, 6.45) is -1.02. The van der Waals surface area contributed by atoms with E-state index in [-0.39, 0.29) is 10.7 Å². The van der Waals surface area contributed by atoms with E-state index in [2.05, 4.69) is 16.0 Å². The van der Waals surface area contributed by atoms with Crippen LogP contribution in [0.25, 0.3) is 0 Å². The number of benzene rings is 2. The second-order valence-corrected chi connectivity index (χ2v) is 5.72. The number of rotatable bonds is 5. The number of hydrogen-bond acceptors (Lipinski definition) is 4. The molecule has 0 spiro atoms. The monoisotopic (exact) mass is 357 g/mol. The fourth-order valence-electron chi connectivity index (χ4n) is 2.29. The van der Waals surface area contributed by atoms with Gasteiger partial charge in [-0.25, -0.2) is 9.59 Å². The van der Waals surface area contributed by atoms with Gasteiger partial charge in [-0.1, -0.05) is 60.1 Å². The third-order valence-corrected chi connectivity index (χ3v) is 3.89. The van der Waals surface area contributed by atoms with Crippen molar-refractivity contribution in [3.05, 3.63) is 77.0 Å². The van der Waals surface area contributed by atoms with Gasteiger partial charge >= 0.3 is 12.0 Å². The highest BCUT2D eigenvalue weighted by Gasteiger charge is 2.34. The van der Waals surface area contributed by atoms with E-state index in [1.54, 1.807) is 24.3 Å². The molecule has 0 saturated heterocycles. The highest BCUT2D eigenvalue weighted by molar-refractivity contribution is 6.33. The first-order valence-corrected chi connectivity index (χ1v) is 8.02. The van der Waals surface area contributed by atoms with Crippen LogP contribution in [0, 0.1) is 0 Å². The van der Waals surface area contributed by atoms with Crippen molar-refractivity contribution in [1.29, 1.82) is 0 Å². The van der Waals surface area contributed by atoms with Crippen LogP contribution in [0.2, 0.25) is 0 Å². The predicted octanol–water partition coefficient (Wildman–Crippen LogP) is 2.93. The molecule has 0 aromatic heterocycles. The van der Waals surface area contributed by atoms with Gasteiger partial charge in [0.05, 0.1) is 0 Å². The van der Waals surface area contributed by atoms with Crippen LogP contribution in [-0.2, 0) is 16.1 Å². The largest absolute Gasteiger partial charge is 0.431 e. The van der Waals surface area contributed by atoms with E-state index >= 15 is 0 Å². The number of amides is 2. The molecule has 128 valence electrons.